The lowest BCUT2D eigenvalue weighted by Gasteiger charge is -2.23. The van der Waals surface area contributed by atoms with Crippen molar-refractivity contribution >= 4 is 5.97 Å². The van der Waals surface area contributed by atoms with E-state index in [4.69, 9.17) is 5.11 Å². The van der Waals surface area contributed by atoms with Crippen LogP contribution in [-0.2, 0) is 4.79 Å². The molecule has 0 fully saturated rings. The van der Waals surface area contributed by atoms with Gasteiger partial charge in [-0.1, -0.05) is 30.4 Å². The molecule has 2 N–H and O–H groups in total. The molecule has 3 nitrogen and oxygen atoms in total. The average Bonchev–Trinajstić information content (AvgIpc) is 2.16. The molecular weight excluding hydrogens is 180 g/mol. The first-order valence-electron chi connectivity index (χ1n) is 4.40. The van der Waals surface area contributed by atoms with Crippen molar-refractivity contribution in [2.75, 3.05) is 0 Å². The molecule has 3 heteroatoms. The molecule has 0 aromatic heterocycles. The van der Waals surface area contributed by atoms with Gasteiger partial charge in [-0.15, -0.1) is 0 Å². The van der Waals surface area contributed by atoms with E-state index in [1.54, 1.807) is 12.2 Å². The first kappa shape index (κ1) is 8.81. The van der Waals surface area contributed by atoms with E-state index in [9.17, 15) is 9.90 Å². The molecule has 0 spiro atoms. The molecule has 0 bridgehead atoms. The van der Waals surface area contributed by atoms with Gasteiger partial charge in [0.15, 0.2) is 0 Å². The van der Waals surface area contributed by atoms with Crippen molar-refractivity contribution in [1.82, 2.24) is 0 Å². The van der Waals surface area contributed by atoms with Crippen molar-refractivity contribution in [2.45, 2.75) is 0 Å². The third-order valence-electron chi connectivity index (χ3n) is 2.44. The van der Waals surface area contributed by atoms with E-state index < -0.39 is 5.97 Å². The van der Waals surface area contributed by atoms with E-state index >= 15 is 0 Å². The number of hydrogen-bond acceptors (Lipinski definition) is 2. The van der Waals surface area contributed by atoms with Crippen molar-refractivity contribution < 1.29 is 15.0 Å². The van der Waals surface area contributed by atoms with Crippen molar-refractivity contribution in [3.63, 3.8) is 0 Å². The maximum atomic E-state index is 10.7. The van der Waals surface area contributed by atoms with Crippen LogP contribution in [0.5, 0.6) is 0 Å². The Kier molecular flexibility index (Phi) is 2.00. The van der Waals surface area contributed by atoms with Crippen molar-refractivity contribution in [3.8, 4) is 0 Å². The standard InChI is InChI=1S/C11H10O3/c12-10-6-8-4-2-1-3-7(8)5-9(10)11(13)14/h1-8,12H,(H,13,14). The number of carboxylic acids is 1. The van der Waals surface area contributed by atoms with Gasteiger partial charge in [0.25, 0.3) is 0 Å². The van der Waals surface area contributed by atoms with E-state index in [0.717, 1.165) is 0 Å². The number of carbonyl (C=O) groups is 1. The van der Waals surface area contributed by atoms with Crippen LogP contribution in [0, 0.1) is 11.8 Å². The van der Waals surface area contributed by atoms with Crippen LogP contribution in [0.2, 0.25) is 0 Å². The van der Waals surface area contributed by atoms with Gasteiger partial charge in [-0.05, 0) is 6.08 Å². The number of allylic oxidation sites excluding steroid dienone is 6. The van der Waals surface area contributed by atoms with E-state index in [0.29, 0.717) is 0 Å². The lowest BCUT2D eigenvalue weighted by molar-refractivity contribution is -0.132. The predicted octanol–water partition coefficient (Wildman–Crippen LogP) is 1.81. The van der Waals surface area contributed by atoms with E-state index in [2.05, 4.69) is 0 Å². The summed E-state index contributed by atoms with van der Waals surface area (Å²) in [5.41, 5.74) is -0.00815. The molecule has 0 aliphatic heterocycles. The summed E-state index contributed by atoms with van der Waals surface area (Å²) >= 11 is 0. The molecule has 2 rings (SSSR count). The van der Waals surface area contributed by atoms with Crippen LogP contribution in [0.15, 0.2) is 47.8 Å². The first-order valence-corrected chi connectivity index (χ1v) is 4.40. The number of rotatable bonds is 1. The van der Waals surface area contributed by atoms with Crippen LogP contribution in [0.4, 0.5) is 0 Å². The SMILES string of the molecule is O=C(O)C1=CC2C=CC=CC2C=C1O. The van der Waals surface area contributed by atoms with Gasteiger partial charge in [-0.2, -0.15) is 0 Å². The normalized spacial score (nSPS) is 29.1. The molecular formula is C11H10O3. The second-order valence-electron chi connectivity index (χ2n) is 3.36. The molecule has 2 unspecified atom stereocenters. The van der Waals surface area contributed by atoms with Crippen molar-refractivity contribution in [2.24, 2.45) is 11.8 Å². The van der Waals surface area contributed by atoms with Crippen LogP contribution < -0.4 is 0 Å². The number of aliphatic hydroxyl groups excluding tert-OH is 1. The minimum atomic E-state index is -1.08. The summed E-state index contributed by atoms with van der Waals surface area (Å²) in [5, 5.41) is 18.2. The van der Waals surface area contributed by atoms with Crippen molar-refractivity contribution in [3.05, 3.63) is 47.8 Å². The summed E-state index contributed by atoms with van der Waals surface area (Å²) < 4.78 is 0. The second kappa shape index (κ2) is 3.18. The Morgan fingerprint density at radius 2 is 1.71 bits per heavy atom. The molecule has 14 heavy (non-hydrogen) atoms. The Labute approximate surface area is 81.4 Å². The highest BCUT2D eigenvalue weighted by Gasteiger charge is 2.25. The highest BCUT2D eigenvalue weighted by molar-refractivity contribution is 5.91. The molecule has 0 saturated heterocycles. The second-order valence-corrected chi connectivity index (χ2v) is 3.36. The van der Waals surface area contributed by atoms with E-state index in [1.165, 1.54) is 0 Å². The van der Waals surface area contributed by atoms with Gasteiger partial charge in [0.05, 0.1) is 5.57 Å². The summed E-state index contributed by atoms with van der Waals surface area (Å²) in [5.74, 6) is -1.08. The van der Waals surface area contributed by atoms with Gasteiger partial charge in [-0.3, -0.25) is 0 Å². The van der Waals surface area contributed by atoms with Gasteiger partial charge >= 0.3 is 5.97 Å². The lowest BCUT2D eigenvalue weighted by atomic mass is 9.82. The summed E-state index contributed by atoms with van der Waals surface area (Å²) in [6.07, 6.45) is 10.8. The highest BCUT2D eigenvalue weighted by atomic mass is 16.4. The largest absolute Gasteiger partial charge is 0.507 e. The Morgan fingerprint density at radius 1 is 1.14 bits per heavy atom. The Balaban J connectivity index is 2.36. The summed E-state index contributed by atoms with van der Waals surface area (Å²) in [6.45, 7) is 0. The summed E-state index contributed by atoms with van der Waals surface area (Å²) in [4.78, 5) is 10.7. The Bertz CT molecular complexity index is 385. The molecule has 0 saturated carbocycles. The van der Waals surface area contributed by atoms with E-state index in [-0.39, 0.29) is 23.2 Å². The number of aliphatic carboxylic acids is 1. The Hall–Kier alpha value is -1.77. The van der Waals surface area contributed by atoms with Crippen LogP contribution >= 0.6 is 0 Å². The molecule has 2 aliphatic carbocycles. The fourth-order valence-electron chi connectivity index (χ4n) is 1.71. The molecule has 2 aliphatic rings. The molecule has 0 radical (unpaired) electrons. The number of fused-ring (bicyclic) bond motifs is 1. The number of aliphatic hydroxyl groups is 1. The zero-order valence-electron chi connectivity index (χ0n) is 7.42. The fourth-order valence-corrected chi connectivity index (χ4v) is 1.71. The summed E-state index contributed by atoms with van der Waals surface area (Å²) in [6, 6.07) is 0. The van der Waals surface area contributed by atoms with Gasteiger partial charge < -0.3 is 10.2 Å². The topological polar surface area (TPSA) is 57.5 Å². The van der Waals surface area contributed by atoms with Crippen LogP contribution in [0.1, 0.15) is 0 Å². The van der Waals surface area contributed by atoms with Crippen LogP contribution in [0.25, 0.3) is 0 Å². The number of carboxylic acid groups (broad SMARTS) is 1. The minimum Gasteiger partial charge on any atom is -0.507 e. The molecule has 0 aromatic rings. The van der Waals surface area contributed by atoms with Crippen LogP contribution in [-0.4, -0.2) is 16.2 Å². The molecule has 0 aromatic carbocycles. The zero-order valence-corrected chi connectivity index (χ0v) is 7.42. The molecule has 0 heterocycles. The van der Waals surface area contributed by atoms with Gasteiger partial charge in [0.1, 0.15) is 5.76 Å². The average molecular weight is 190 g/mol. The van der Waals surface area contributed by atoms with Gasteiger partial charge in [-0.25, -0.2) is 4.79 Å². The predicted molar refractivity (Wildman–Crippen MR) is 51.7 cm³/mol. The molecule has 2 atom stereocenters. The maximum absolute atomic E-state index is 10.7. The zero-order chi connectivity index (χ0) is 10.1. The van der Waals surface area contributed by atoms with Gasteiger partial charge in [0, 0.05) is 11.8 Å². The highest BCUT2D eigenvalue weighted by Crippen LogP contribution is 2.30. The first-order chi connectivity index (χ1) is 6.68. The monoisotopic (exact) mass is 190 g/mol. The summed E-state index contributed by atoms with van der Waals surface area (Å²) in [7, 11) is 0. The third kappa shape index (κ3) is 1.37. The number of hydrogen-bond donors (Lipinski definition) is 2. The van der Waals surface area contributed by atoms with Gasteiger partial charge in [0.2, 0.25) is 0 Å². The quantitative estimate of drug-likeness (QED) is 0.663. The maximum Gasteiger partial charge on any atom is 0.339 e. The Morgan fingerprint density at radius 3 is 2.29 bits per heavy atom. The third-order valence-corrected chi connectivity index (χ3v) is 2.44. The van der Waals surface area contributed by atoms with Crippen molar-refractivity contribution in [1.29, 1.82) is 0 Å². The minimum absolute atomic E-state index is 0.00815. The molecule has 0 amide bonds. The smallest absolute Gasteiger partial charge is 0.339 e. The van der Waals surface area contributed by atoms with Crippen LogP contribution in [0.3, 0.4) is 0 Å². The van der Waals surface area contributed by atoms with E-state index in [1.807, 2.05) is 24.3 Å². The fraction of sp³-hybridized carbons (Fsp3) is 0.182. The molecule has 72 valence electrons. The lowest BCUT2D eigenvalue weighted by Crippen LogP contribution is -2.17.